The Morgan fingerprint density at radius 2 is 1.00 bits per heavy atom. The van der Waals surface area contributed by atoms with E-state index in [9.17, 15) is 55.5 Å². The van der Waals surface area contributed by atoms with E-state index in [-0.39, 0.29) is 44.8 Å². The lowest BCUT2D eigenvalue weighted by atomic mass is 10.0. The Balaban J connectivity index is 1.99. The summed E-state index contributed by atoms with van der Waals surface area (Å²) in [6.07, 6.45) is -1.10. The van der Waals surface area contributed by atoms with Gasteiger partial charge in [-0.05, 0) is 17.7 Å². The number of benzene rings is 2. The lowest BCUT2D eigenvalue weighted by Gasteiger charge is -2.28. The highest BCUT2D eigenvalue weighted by molar-refractivity contribution is 5.96. The molecule has 0 unspecified atom stereocenters. The molecule has 2 rings (SSSR count). The van der Waals surface area contributed by atoms with Crippen molar-refractivity contribution in [1.29, 1.82) is 0 Å². The van der Waals surface area contributed by atoms with Crippen LogP contribution in [0.25, 0.3) is 0 Å². The highest BCUT2D eigenvalue weighted by atomic mass is 19.2. The van der Waals surface area contributed by atoms with Crippen molar-refractivity contribution in [3.05, 3.63) is 70.0 Å². The molecule has 9 N–H and O–H groups in total. The van der Waals surface area contributed by atoms with Crippen LogP contribution in [0.15, 0.2) is 24.3 Å². The molecule has 0 saturated heterocycles. The molecular formula is C31H36F5N7O11. The molecule has 18 nitrogen and oxygen atoms in total. The largest absolute Gasteiger partial charge is 0.480 e. The summed E-state index contributed by atoms with van der Waals surface area (Å²) in [7, 11) is 0. The Kier molecular flexibility index (Phi) is 17.3. The van der Waals surface area contributed by atoms with Gasteiger partial charge in [0.25, 0.3) is 11.8 Å². The lowest BCUT2D eigenvalue weighted by Crippen LogP contribution is -2.50. The van der Waals surface area contributed by atoms with E-state index in [1.165, 1.54) is 29.2 Å². The zero-order chi connectivity index (χ0) is 40.7. The number of carbonyl (C=O) groups excluding carboxylic acids is 3. The van der Waals surface area contributed by atoms with E-state index in [1.54, 1.807) is 0 Å². The first-order valence-corrected chi connectivity index (χ1v) is 15.5. The van der Waals surface area contributed by atoms with E-state index in [1.807, 2.05) is 10.9 Å². The number of nitrogens with zero attached hydrogens (tertiary/aromatic N) is 3. The summed E-state index contributed by atoms with van der Waals surface area (Å²) in [5, 5.41) is 39.0. The fraction of sp³-hybridized carbons (Fsp3) is 0.387. The van der Waals surface area contributed by atoms with Crippen molar-refractivity contribution < 1.29 is 75.9 Å². The van der Waals surface area contributed by atoms with Crippen molar-refractivity contribution in [2.45, 2.75) is 19.0 Å². The van der Waals surface area contributed by atoms with Crippen molar-refractivity contribution in [1.82, 2.24) is 30.9 Å². The molecule has 0 aromatic heterocycles. The average Bonchev–Trinajstić information content (AvgIpc) is 3.09. The molecule has 0 bridgehead atoms. The van der Waals surface area contributed by atoms with Crippen LogP contribution in [0, 0.1) is 29.1 Å². The van der Waals surface area contributed by atoms with Gasteiger partial charge in [-0.3, -0.25) is 59.1 Å². The first kappa shape index (κ1) is 44.4. The zero-order valence-corrected chi connectivity index (χ0v) is 28.1. The molecule has 1 atom stereocenters. The average molecular weight is 778 g/mol. The molecule has 23 heteroatoms. The van der Waals surface area contributed by atoms with Crippen molar-refractivity contribution >= 4 is 41.6 Å². The molecule has 0 fully saturated rings. The molecule has 296 valence electrons. The number of nitrogens with one attached hydrogen (secondary N) is 3. The first-order valence-electron chi connectivity index (χ1n) is 15.5. The maximum Gasteiger partial charge on any atom is 0.317 e. The monoisotopic (exact) mass is 777 g/mol. The van der Waals surface area contributed by atoms with Crippen molar-refractivity contribution in [3.8, 4) is 0 Å². The first-order chi connectivity index (χ1) is 25.3. The molecule has 0 spiro atoms. The minimum Gasteiger partial charge on any atom is -0.480 e. The molecule has 0 saturated carbocycles. The number of aliphatic carboxylic acids is 4. The fourth-order valence-corrected chi connectivity index (χ4v) is 4.69. The van der Waals surface area contributed by atoms with Crippen molar-refractivity contribution in [2.75, 3.05) is 58.9 Å². The number of nitrogens with two attached hydrogens (primary N) is 1. The number of carbonyl (C=O) groups is 7. The van der Waals surface area contributed by atoms with Gasteiger partial charge in [0.05, 0.1) is 38.8 Å². The number of rotatable bonds is 22. The third kappa shape index (κ3) is 14.7. The number of hydrazine groups is 1. The Morgan fingerprint density at radius 1 is 0.593 bits per heavy atom. The SMILES string of the molecule is N[C@H](Cc1c(F)c(F)c(F)c(F)c1F)C(=O)NNC(=O)c1ccc(CNC(=O)CN(CCN(CC(=O)O)CC(=O)O)CCN(CC(=O)O)CC(=O)O)cc1. The van der Waals surface area contributed by atoms with E-state index in [4.69, 9.17) is 26.2 Å². The van der Waals surface area contributed by atoms with Gasteiger partial charge in [0.2, 0.25) is 11.7 Å². The van der Waals surface area contributed by atoms with Gasteiger partial charge in [0.1, 0.15) is 0 Å². The Bertz CT molecular complexity index is 1620. The molecular weight excluding hydrogens is 741 g/mol. The van der Waals surface area contributed by atoms with Crippen LogP contribution in [-0.2, 0) is 41.7 Å². The maximum atomic E-state index is 13.9. The van der Waals surface area contributed by atoms with Gasteiger partial charge in [-0.1, -0.05) is 12.1 Å². The molecule has 2 aromatic rings. The van der Waals surface area contributed by atoms with Gasteiger partial charge >= 0.3 is 23.9 Å². The Labute approximate surface area is 302 Å². The zero-order valence-electron chi connectivity index (χ0n) is 28.1. The van der Waals surface area contributed by atoms with Crippen LogP contribution in [-0.4, -0.2) is 142 Å². The predicted molar refractivity (Wildman–Crippen MR) is 172 cm³/mol. The van der Waals surface area contributed by atoms with Gasteiger partial charge in [-0.25, -0.2) is 22.0 Å². The van der Waals surface area contributed by atoms with Crippen LogP contribution < -0.4 is 21.9 Å². The Morgan fingerprint density at radius 3 is 1.43 bits per heavy atom. The van der Waals surface area contributed by atoms with Crippen LogP contribution in [0.5, 0.6) is 0 Å². The quantitative estimate of drug-likeness (QED) is 0.0295. The third-order valence-electron chi connectivity index (χ3n) is 7.33. The number of hydrogen-bond acceptors (Lipinski definition) is 11. The Hall–Kier alpha value is -5.78. The van der Waals surface area contributed by atoms with Crippen LogP contribution in [0.3, 0.4) is 0 Å². The van der Waals surface area contributed by atoms with E-state index < -0.39 is 115 Å². The highest BCUT2D eigenvalue weighted by Gasteiger charge is 2.28. The molecule has 0 radical (unpaired) electrons. The number of carboxylic acids is 4. The van der Waals surface area contributed by atoms with E-state index in [0.29, 0.717) is 5.56 Å². The lowest BCUT2D eigenvalue weighted by molar-refractivity contribution is -0.143. The third-order valence-corrected chi connectivity index (χ3v) is 7.33. The second-order valence-corrected chi connectivity index (χ2v) is 11.5. The number of amides is 3. The van der Waals surface area contributed by atoms with Gasteiger partial charge in [0.15, 0.2) is 23.3 Å². The van der Waals surface area contributed by atoms with Gasteiger partial charge in [0, 0.05) is 50.3 Å². The number of carboxylic acid groups (broad SMARTS) is 4. The van der Waals surface area contributed by atoms with Gasteiger partial charge < -0.3 is 31.5 Å². The van der Waals surface area contributed by atoms with E-state index >= 15 is 0 Å². The summed E-state index contributed by atoms with van der Waals surface area (Å²) in [5.74, 6) is -19.1. The molecule has 3 amide bonds. The van der Waals surface area contributed by atoms with Crippen molar-refractivity contribution in [2.24, 2.45) is 5.73 Å². The fourth-order valence-electron chi connectivity index (χ4n) is 4.69. The molecule has 0 aliphatic carbocycles. The molecule has 0 aliphatic heterocycles. The van der Waals surface area contributed by atoms with Crippen LogP contribution in [0.4, 0.5) is 22.0 Å². The van der Waals surface area contributed by atoms with E-state index in [0.717, 1.165) is 9.80 Å². The summed E-state index contributed by atoms with van der Waals surface area (Å²) < 4.78 is 68.0. The van der Waals surface area contributed by atoms with E-state index in [2.05, 4.69) is 5.32 Å². The maximum absolute atomic E-state index is 13.9. The summed E-state index contributed by atoms with van der Waals surface area (Å²) >= 11 is 0. The van der Waals surface area contributed by atoms with Crippen LogP contribution in [0.1, 0.15) is 21.5 Å². The second kappa shape index (κ2) is 21.1. The number of hydrogen-bond donors (Lipinski definition) is 8. The molecule has 54 heavy (non-hydrogen) atoms. The normalized spacial score (nSPS) is 11.7. The topological polar surface area (TPSA) is 272 Å². The second-order valence-electron chi connectivity index (χ2n) is 11.5. The minimum absolute atomic E-state index is 0.0376. The summed E-state index contributed by atoms with van der Waals surface area (Å²) in [6.45, 7) is -3.36. The predicted octanol–water partition coefficient (Wildman–Crippen LogP) is -1.43. The smallest absolute Gasteiger partial charge is 0.317 e. The summed E-state index contributed by atoms with van der Waals surface area (Å²) in [6, 6.07) is 3.54. The van der Waals surface area contributed by atoms with Gasteiger partial charge in [-0.15, -0.1) is 0 Å². The van der Waals surface area contributed by atoms with Crippen molar-refractivity contribution in [3.63, 3.8) is 0 Å². The molecule has 0 aliphatic rings. The number of halogens is 5. The van der Waals surface area contributed by atoms with Crippen LogP contribution >= 0.6 is 0 Å². The van der Waals surface area contributed by atoms with Gasteiger partial charge in [-0.2, -0.15) is 0 Å². The van der Waals surface area contributed by atoms with Crippen LogP contribution in [0.2, 0.25) is 0 Å². The summed E-state index contributed by atoms with van der Waals surface area (Å²) in [4.78, 5) is 85.9. The molecule has 2 aromatic carbocycles. The summed E-state index contributed by atoms with van der Waals surface area (Å²) in [5.41, 5.74) is 8.46. The minimum atomic E-state index is -2.39. The standard InChI is InChI=1S/C31H36F5N7O11/c32-25-18(26(33)28(35)29(36)27(25)34)9-19(37)31(54)40-39-30(53)17-3-1-16(2-4-17)10-38-20(44)11-41(5-7-42(12-21(45)46)13-22(47)48)6-8-43(14-23(49)50)15-24(51)52/h1-4,19H,5-15,37H2,(H,38,44)(H,39,53)(H,40,54)(H,45,46)(H,47,48)(H,49,50)(H,51,52)/t19-/m1/s1. The highest BCUT2D eigenvalue weighted by Crippen LogP contribution is 2.24. The molecule has 0 heterocycles.